The third kappa shape index (κ3) is 5.20. The van der Waals surface area contributed by atoms with Gasteiger partial charge in [0.15, 0.2) is 0 Å². The molecule has 0 aliphatic heterocycles. The normalized spacial score (nSPS) is 11.0. The van der Waals surface area contributed by atoms with Crippen LogP contribution in [0.4, 0.5) is 5.69 Å². The van der Waals surface area contributed by atoms with Crippen molar-refractivity contribution in [1.29, 1.82) is 0 Å². The van der Waals surface area contributed by atoms with Crippen LogP contribution in [0.2, 0.25) is 0 Å². The van der Waals surface area contributed by atoms with E-state index >= 15 is 0 Å². The largest absolute Gasteiger partial charge is 0.458 e. The first kappa shape index (κ1) is 21.0. The fraction of sp³-hybridized carbons (Fsp3) is 0.217. The molecule has 0 N–H and O–H groups in total. The summed E-state index contributed by atoms with van der Waals surface area (Å²) in [6, 6.07) is 14.3. The lowest BCUT2D eigenvalue weighted by Gasteiger charge is -2.05. The topological polar surface area (TPSA) is 87.3 Å². The second-order valence-electron chi connectivity index (χ2n) is 7.10. The molecule has 3 rings (SSSR count). The Balaban J connectivity index is 1.64. The minimum absolute atomic E-state index is 0.0322. The second-order valence-corrected chi connectivity index (χ2v) is 7.10. The van der Waals surface area contributed by atoms with E-state index in [4.69, 9.17) is 4.74 Å². The predicted molar refractivity (Wildman–Crippen MR) is 114 cm³/mol. The van der Waals surface area contributed by atoms with Crippen molar-refractivity contribution >= 4 is 17.7 Å². The highest BCUT2D eigenvalue weighted by atomic mass is 16.6. The molecule has 0 unspecified atom stereocenters. The zero-order valence-electron chi connectivity index (χ0n) is 17.2. The molecule has 0 aliphatic carbocycles. The zero-order chi connectivity index (χ0) is 21.7. The van der Waals surface area contributed by atoms with Crippen LogP contribution in [-0.2, 0) is 22.7 Å². The monoisotopic (exact) mass is 405 g/mol. The molecule has 1 aromatic heterocycles. The third-order valence-electron chi connectivity index (χ3n) is 4.78. The van der Waals surface area contributed by atoms with Gasteiger partial charge in [0, 0.05) is 29.5 Å². The van der Waals surface area contributed by atoms with E-state index in [-0.39, 0.29) is 12.3 Å². The number of hydrogen-bond acceptors (Lipinski definition) is 5. The van der Waals surface area contributed by atoms with Gasteiger partial charge in [0.25, 0.3) is 5.69 Å². The smallest absolute Gasteiger partial charge is 0.331 e. The molecule has 2 aromatic carbocycles. The number of nitro groups is 1. The summed E-state index contributed by atoms with van der Waals surface area (Å²) in [4.78, 5) is 22.4. The van der Waals surface area contributed by atoms with E-state index in [0.717, 1.165) is 22.5 Å². The van der Waals surface area contributed by atoms with Gasteiger partial charge in [-0.25, -0.2) is 4.79 Å². The molecular formula is C23H23N3O4. The summed E-state index contributed by atoms with van der Waals surface area (Å²) in [7, 11) is 0. The van der Waals surface area contributed by atoms with Gasteiger partial charge in [-0.1, -0.05) is 42.0 Å². The van der Waals surface area contributed by atoms with Crippen molar-refractivity contribution < 1.29 is 14.5 Å². The van der Waals surface area contributed by atoms with Crippen LogP contribution in [0.15, 0.2) is 54.6 Å². The first-order chi connectivity index (χ1) is 14.3. The van der Waals surface area contributed by atoms with Gasteiger partial charge in [0.05, 0.1) is 17.2 Å². The minimum atomic E-state index is -0.522. The molecule has 0 amide bonds. The Morgan fingerprint density at radius 3 is 2.57 bits per heavy atom. The number of benzene rings is 2. The molecule has 0 saturated carbocycles. The molecule has 7 heteroatoms. The van der Waals surface area contributed by atoms with Crippen molar-refractivity contribution in [2.45, 2.75) is 33.9 Å². The van der Waals surface area contributed by atoms with Gasteiger partial charge in [-0.15, -0.1) is 0 Å². The summed E-state index contributed by atoms with van der Waals surface area (Å²) < 4.78 is 7.11. The molecule has 30 heavy (non-hydrogen) atoms. The molecule has 0 radical (unpaired) electrons. The van der Waals surface area contributed by atoms with E-state index in [2.05, 4.69) is 29.4 Å². The Morgan fingerprint density at radius 1 is 1.13 bits per heavy atom. The number of nitrogens with zero attached hydrogens (tertiary/aromatic N) is 3. The number of hydrogen-bond donors (Lipinski definition) is 0. The lowest BCUT2D eigenvalue weighted by atomic mass is 10.1. The molecule has 0 fully saturated rings. The molecule has 154 valence electrons. The molecule has 7 nitrogen and oxygen atoms in total. The van der Waals surface area contributed by atoms with Crippen LogP contribution >= 0.6 is 0 Å². The van der Waals surface area contributed by atoms with Crippen molar-refractivity contribution in [1.82, 2.24) is 9.78 Å². The summed E-state index contributed by atoms with van der Waals surface area (Å²) in [6.07, 6.45) is 3.05. The molecule has 0 saturated heterocycles. The first-order valence-corrected chi connectivity index (χ1v) is 9.51. The van der Waals surface area contributed by atoms with Crippen LogP contribution < -0.4 is 0 Å². The number of carbonyl (C=O) groups is 1. The fourth-order valence-corrected chi connectivity index (χ4v) is 3.09. The first-order valence-electron chi connectivity index (χ1n) is 9.51. The Hall–Kier alpha value is -3.74. The van der Waals surface area contributed by atoms with Gasteiger partial charge in [-0.2, -0.15) is 5.10 Å². The van der Waals surface area contributed by atoms with Crippen LogP contribution in [0.5, 0.6) is 0 Å². The van der Waals surface area contributed by atoms with Gasteiger partial charge in [-0.3, -0.25) is 14.8 Å². The van der Waals surface area contributed by atoms with Crippen molar-refractivity contribution in [3.8, 4) is 0 Å². The Labute approximate surface area is 174 Å². The molecule has 0 atom stereocenters. The van der Waals surface area contributed by atoms with Crippen LogP contribution in [0, 0.1) is 30.9 Å². The molecule has 0 bridgehead atoms. The molecule has 0 spiro atoms. The quantitative estimate of drug-likeness (QED) is 0.250. The number of nitro benzene ring substituents is 1. The third-order valence-corrected chi connectivity index (χ3v) is 4.78. The number of aryl methyl sites for hydroxylation is 2. The average Bonchev–Trinajstić information content (AvgIpc) is 2.99. The fourth-order valence-electron chi connectivity index (χ4n) is 3.09. The van der Waals surface area contributed by atoms with Gasteiger partial charge in [-0.05, 0) is 38.0 Å². The Morgan fingerprint density at radius 2 is 1.87 bits per heavy atom. The predicted octanol–water partition coefficient (Wildman–Crippen LogP) is 4.52. The van der Waals surface area contributed by atoms with E-state index in [0.29, 0.717) is 12.1 Å². The van der Waals surface area contributed by atoms with Crippen molar-refractivity contribution in [3.63, 3.8) is 0 Å². The molecular weight excluding hydrogens is 382 g/mol. The SMILES string of the molecule is Cc1ccc(Cn2nc(C)c(/C=C/C(=O)OCc3cccc([N+](=O)[O-])c3)c2C)cc1. The summed E-state index contributed by atoms with van der Waals surface area (Å²) in [5, 5.41) is 15.4. The van der Waals surface area contributed by atoms with E-state index in [1.807, 2.05) is 25.5 Å². The maximum Gasteiger partial charge on any atom is 0.331 e. The molecule has 1 heterocycles. The van der Waals surface area contributed by atoms with E-state index < -0.39 is 10.9 Å². The van der Waals surface area contributed by atoms with Crippen molar-refractivity contribution in [3.05, 3.63) is 98.4 Å². The second kappa shape index (κ2) is 9.17. The number of non-ortho nitro benzene ring substituents is 1. The number of carbonyl (C=O) groups excluding carboxylic acids is 1. The van der Waals surface area contributed by atoms with Gasteiger partial charge in [0.2, 0.25) is 0 Å². The standard InChI is InChI=1S/C23H23N3O4/c1-16-7-9-19(10-8-16)14-25-18(3)22(17(2)24-25)11-12-23(27)30-15-20-5-4-6-21(13-20)26(28)29/h4-13H,14-15H2,1-3H3/b12-11+. The minimum Gasteiger partial charge on any atom is -0.458 e. The maximum atomic E-state index is 12.1. The van der Waals surface area contributed by atoms with Crippen molar-refractivity contribution in [2.75, 3.05) is 0 Å². The van der Waals surface area contributed by atoms with Crippen LogP contribution in [0.1, 0.15) is 33.6 Å². The number of ether oxygens (including phenoxy) is 1. The van der Waals surface area contributed by atoms with Crippen LogP contribution in [-0.4, -0.2) is 20.7 Å². The highest BCUT2D eigenvalue weighted by Gasteiger charge is 2.11. The highest BCUT2D eigenvalue weighted by Crippen LogP contribution is 2.17. The average molecular weight is 405 g/mol. The number of rotatable bonds is 7. The van der Waals surface area contributed by atoms with Gasteiger partial charge >= 0.3 is 5.97 Å². The lowest BCUT2D eigenvalue weighted by Crippen LogP contribution is -2.04. The summed E-state index contributed by atoms with van der Waals surface area (Å²) in [6.45, 7) is 6.52. The summed E-state index contributed by atoms with van der Waals surface area (Å²) >= 11 is 0. The summed E-state index contributed by atoms with van der Waals surface area (Å²) in [5.41, 5.74) is 5.53. The van der Waals surface area contributed by atoms with E-state index in [1.54, 1.807) is 18.2 Å². The Bertz CT molecular complexity index is 1100. The lowest BCUT2D eigenvalue weighted by molar-refractivity contribution is -0.384. The highest BCUT2D eigenvalue weighted by molar-refractivity contribution is 5.87. The Kier molecular flexibility index (Phi) is 6.41. The summed E-state index contributed by atoms with van der Waals surface area (Å²) in [5.74, 6) is -0.522. The zero-order valence-corrected chi connectivity index (χ0v) is 17.2. The maximum absolute atomic E-state index is 12.1. The van der Waals surface area contributed by atoms with Gasteiger partial charge < -0.3 is 4.74 Å². The number of aromatic nitrogens is 2. The van der Waals surface area contributed by atoms with Crippen molar-refractivity contribution in [2.24, 2.45) is 0 Å². The molecule has 3 aromatic rings. The molecule has 0 aliphatic rings. The number of esters is 1. The van der Waals surface area contributed by atoms with E-state index in [1.165, 1.54) is 23.8 Å². The van der Waals surface area contributed by atoms with E-state index in [9.17, 15) is 14.9 Å². The van der Waals surface area contributed by atoms with Crippen LogP contribution in [0.3, 0.4) is 0 Å². The van der Waals surface area contributed by atoms with Gasteiger partial charge in [0.1, 0.15) is 6.61 Å². The van der Waals surface area contributed by atoms with Crippen LogP contribution in [0.25, 0.3) is 6.08 Å².